The number of ether oxygens (including phenoxy) is 2. The number of rotatable bonds is 6. The average Bonchev–Trinajstić information content (AvgIpc) is 3.19. The van der Waals surface area contributed by atoms with Crippen LogP contribution in [0.25, 0.3) is 11.1 Å². The van der Waals surface area contributed by atoms with Crippen molar-refractivity contribution in [1.82, 2.24) is 4.98 Å². The Morgan fingerprint density at radius 2 is 1.72 bits per heavy atom. The minimum absolute atomic E-state index is 0.185. The second-order valence-corrected chi connectivity index (χ2v) is 6.42. The predicted octanol–water partition coefficient (Wildman–Crippen LogP) is 5.31. The zero-order valence-electron chi connectivity index (χ0n) is 15.9. The molecule has 0 aliphatic rings. The van der Waals surface area contributed by atoms with Crippen molar-refractivity contribution in [3.05, 3.63) is 95.9 Å². The van der Waals surface area contributed by atoms with Crippen LogP contribution < -0.4 is 5.32 Å². The summed E-state index contributed by atoms with van der Waals surface area (Å²) in [6.07, 6.45) is -1.01. The van der Waals surface area contributed by atoms with Gasteiger partial charge in [0.05, 0.1) is 5.69 Å². The fraction of sp³-hybridized carbons (Fsp3) is 0.130. The molecule has 1 unspecified atom stereocenters. The fourth-order valence-electron chi connectivity index (χ4n) is 3.05. The van der Waals surface area contributed by atoms with Crippen LogP contribution in [-0.4, -0.2) is 18.2 Å². The smallest absolute Gasteiger partial charge is 0.412 e. The number of hydrogen-bond donors (Lipinski definition) is 1. The summed E-state index contributed by atoms with van der Waals surface area (Å²) < 4.78 is 16.8. The zero-order valence-corrected chi connectivity index (χ0v) is 15.9. The first-order valence-corrected chi connectivity index (χ1v) is 9.19. The number of amides is 1. The topological polar surface area (TPSA) is 73.6 Å². The van der Waals surface area contributed by atoms with Crippen LogP contribution in [0.4, 0.5) is 10.5 Å². The van der Waals surface area contributed by atoms with Crippen LogP contribution in [0.15, 0.2) is 83.3 Å². The molecule has 0 fully saturated rings. The van der Waals surface area contributed by atoms with Gasteiger partial charge in [0, 0.05) is 7.11 Å². The van der Waals surface area contributed by atoms with Gasteiger partial charge in [0.1, 0.15) is 12.1 Å². The van der Waals surface area contributed by atoms with Crippen molar-refractivity contribution in [1.29, 1.82) is 0 Å². The first-order valence-electron chi connectivity index (χ1n) is 9.19. The number of carbonyl (C=O) groups is 1. The maximum Gasteiger partial charge on any atom is 0.412 e. The van der Waals surface area contributed by atoms with E-state index in [1.807, 2.05) is 66.7 Å². The van der Waals surface area contributed by atoms with Crippen molar-refractivity contribution in [3.63, 3.8) is 0 Å². The van der Waals surface area contributed by atoms with Crippen molar-refractivity contribution in [3.8, 4) is 0 Å². The van der Waals surface area contributed by atoms with Crippen LogP contribution >= 0.6 is 0 Å². The average molecular weight is 388 g/mol. The molecule has 0 saturated heterocycles. The van der Waals surface area contributed by atoms with Gasteiger partial charge in [-0.25, -0.2) is 9.78 Å². The van der Waals surface area contributed by atoms with Gasteiger partial charge in [0.2, 0.25) is 5.89 Å². The number of anilines is 1. The highest BCUT2D eigenvalue weighted by atomic mass is 16.5. The lowest BCUT2D eigenvalue weighted by Crippen LogP contribution is -2.13. The third-order valence-electron chi connectivity index (χ3n) is 4.44. The highest BCUT2D eigenvalue weighted by molar-refractivity contribution is 5.95. The molecule has 1 N–H and O–H groups in total. The Hall–Kier alpha value is -3.64. The van der Waals surface area contributed by atoms with Crippen LogP contribution in [0.5, 0.6) is 0 Å². The van der Waals surface area contributed by atoms with E-state index in [1.165, 1.54) is 0 Å². The summed E-state index contributed by atoms with van der Waals surface area (Å²) in [5, 5.41) is 2.73. The molecular formula is C23H20N2O4. The molecule has 0 radical (unpaired) electrons. The Kier molecular flexibility index (Phi) is 5.54. The van der Waals surface area contributed by atoms with Crippen LogP contribution in [0.3, 0.4) is 0 Å². The first kappa shape index (κ1) is 18.7. The molecule has 146 valence electrons. The van der Waals surface area contributed by atoms with Crippen molar-refractivity contribution >= 4 is 22.9 Å². The molecule has 0 aliphatic heterocycles. The monoisotopic (exact) mass is 388 g/mol. The number of nitrogens with one attached hydrogen (secondary N) is 1. The Morgan fingerprint density at radius 1 is 1.00 bits per heavy atom. The van der Waals surface area contributed by atoms with E-state index in [0.717, 1.165) is 11.1 Å². The Balaban J connectivity index is 1.54. The minimum atomic E-state index is -0.564. The van der Waals surface area contributed by atoms with Gasteiger partial charge in [0.25, 0.3) is 0 Å². The number of para-hydroxylation sites is 1. The van der Waals surface area contributed by atoms with E-state index in [1.54, 1.807) is 19.2 Å². The minimum Gasteiger partial charge on any atom is -0.444 e. The second kappa shape index (κ2) is 8.58. The van der Waals surface area contributed by atoms with Crippen molar-refractivity contribution in [2.45, 2.75) is 12.7 Å². The van der Waals surface area contributed by atoms with Crippen LogP contribution in [0.1, 0.15) is 23.1 Å². The van der Waals surface area contributed by atoms with E-state index in [0.29, 0.717) is 22.7 Å². The van der Waals surface area contributed by atoms with E-state index in [9.17, 15) is 4.79 Å². The van der Waals surface area contributed by atoms with Gasteiger partial charge in [-0.15, -0.1) is 0 Å². The number of oxazole rings is 1. The summed E-state index contributed by atoms with van der Waals surface area (Å²) in [6.45, 7) is 0.185. The lowest BCUT2D eigenvalue weighted by molar-refractivity contribution is 0.113. The summed E-state index contributed by atoms with van der Waals surface area (Å²) in [7, 11) is 1.60. The number of nitrogens with zero attached hydrogens (tertiary/aromatic N) is 1. The second-order valence-electron chi connectivity index (χ2n) is 6.42. The van der Waals surface area contributed by atoms with E-state index in [2.05, 4.69) is 10.3 Å². The van der Waals surface area contributed by atoms with Crippen molar-refractivity contribution < 1.29 is 18.7 Å². The van der Waals surface area contributed by atoms with Gasteiger partial charge in [-0.05, 0) is 23.3 Å². The number of carbonyl (C=O) groups excluding carboxylic acids is 1. The highest BCUT2D eigenvalue weighted by Gasteiger charge is 2.21. The van der Waals surface area contributed by atoms with Gasteiger partial charge >= 0.3 is 6.09 Å². The SMILES string of the molecule is COC(c1ccccc1)c1nc2cccc(NC(=O)OCc3ccccc3)c2o1. The largest absolute Gasteiger partial charge is 0.444 e. The molecule has 6 heteroatoms. The van der Waals surface area contributed by atoms with Gasteiger partial charge < -0.3 is 13.9 Å². The summed E-state index contributed by atoms with van der Waals surface area (Å²) >= 11 is 0. The van der Waals surface area contributed by atoms with Crippen molar-refractivity contribution in [2.24, 2.45) is 0 Å². The molecule has 29 heavy (non-hydrogen) atoms. The summed E-state index contributed by atoms with van der Waals surface area (Å²) in [4.78, 5) is 16.8. The Morgan fingerprint density at radius 3 is 2.45 bits per heavy atom. The summed E-state index contributed by atoms with van der Waals surface area (Å²) in [6, 6.07) is 24.5. The van der Waals surface area contributed by atoms with Gasteiger partial charge in [0.15, 0.2) is 11.7 Å². The number of fused-ring (bicyclic) bond motifs is 1. The summed E-state index contributed by atoms with van der Waals surface area (Å²) in [5.41, 5.74) is 3.42. The Labute approximate surface area is 168 Å². The molecule has 1 atom stereocenters. The quantitative estimate of drug-likeness (QED) is 0.484. The van der Waals surface area contributed by atoms with Crippen molar-refractivity contribution in [2.75, 3.05) is 12.4 Å². The van der Waals surface area contributed by atoms with E-state index in [4.69, 9.17) is 13.9 Å². The number of benzene rings is 3. The van der Waals surface area contributed by atoms with Crippen LogP contribution in [0.2, 0.25) is 0 Å². The maximum atomic E-state index is 12.2. The lowest BCUT2D eigenvalue weighted by atomic mass is 10.1. The number of hydrogen-bond acceptors (Lipinski definition) is 5. The third-order valence-corrected chi connectivity index (χ3v) is 4.44. The van der Waals surface area contributed by atoms with Gasteiger partial charge in [-0.1, -0.05) is 66.7 Å². The van der Waals surface area contributed by atoms with Gasteiger partial charge in [-0.2, -0.15) is 0 Å². The zero-order chi connectivity index (χ0) is 20.1. The number of aromatic nitrogens is 1. The van der Waals surface area contributed by atoms with E-state index >= 15 is 0 Å². The molecule has 0 spiro atoms. The Bertz CT molecular complexity index is 1090. The van der Waals surface area contributed by atoms with E-state index in [-0.39, 0.29) is 6.61 Å². The van der Waals surface area contributed by atoms with Gasteiger partial charge in [-0.3, -0.25) is 5.32 Å². The molecule has 0 bridgehead atoms. The number of methoxy groups -OCH3 is 1. The highest BCUT2D eigenvalue weighted by Crippen LogP contribution is 2.31. The third kappa shape index (κ3) is 4.28. The standard InChI is InChI=1S/C23H20N2O4/c1-27-20(17-11-6-3-7-12-17)22-24-18-13-8-14-19(21(18)29-22)25-23(26)28-15-16-9-4-2-5-10-16/h2-14,20H,15H2,1H3,(H,25,26). The predicted molar refractivity (Wildman–Crippen MR) is 110 cm³/mol. The molecular weight excluding hydrogens is 368 g/mol. The maximum absolute atomic E-state index is 12.2. The normalized spacial score (nSPS) is 11.9. The molecule has 1 aromatic heterocycles. The molecule has 4 aromatic rings. The molecule has 1 heterocycles. The van der Waals surface area contributed by atoms with E-state index < -0.39 is 12.2 Å². The molecule has 0 saturated carbocycles. The van der Waals surface area contributed by atoms with Crippen LogP contribution in [-0.2, 0) is 16.1 Å². The lowest BCUT2D eigenvalue weighted by Gasteiger charge is -2.11. The molecule has 6 nitrogen and oxygen atoms in total. The molecule has 0 aliphatic carbocycles. The summed E-state index contributed by atoms with van der Waals surface area (Å²) in [5.74, 6) is 0.417. The van der Waals surface area contributed by atoms with Crippen LogP contribution in [0, 0.1) is 0 Å². The molecule has 4 rings (SSSR count). The molecule has 1 amide bonds. The first-order chi connectivity index (χ1) is 14.2. The molecule has 3 aromatic carbocycles. The fourth-order valence-corrected chi connectivity index (χ4v) is 3.05.